The van der Waals surface area contributed by atoms with Crippen molar-refractivity contribution in [3.8, 4) is 0 Å². The van der Waals surface area contributed by atoms with Crippen LogP contribution in [-0.2, 0) is 20.9 Å². The number of carbonyl (C=O) groups is 2. The summed E-state index contributed by atoms with van der Waals surface area (Å²) >= 11 is 0. The number of aliphatic carboxylic acids is 2. The number of hydrogen-bond acceptors (Lipinski definition) is 5. The number of hydrogen-bond donors (Lipinski definition) is 3. The Morgan fingerprint density at radius 2 is 1.70 bits per heavy atom. The van der Waals surface area contributed by atoms with Crippen molar-refractivity contribution in [1.82, 2.24) is 10.2 Å². The van der Waals surface area contributed by atoms with Gasteiger partial charge in [0.05, 0.1) is 13.2 Å². The number of benzene rings is 1. The number of rotatable bonds is 6. The predicted octanol–water partition coefficient (Wildman–Crippen LogP) is 0.654. The summed E-state index contributed by atoms with van der Waals surface area (Å²) in [6.45, 7) is 7.24. The Labute approximate surface area is 135 Å². The monoisotopic (exact) mass is 324 g/mol. The van der Waals surface area contributed by atoms with Crippen LogP contribution in [0.15, 0.2) is 30.3 Å². The molecule has 3 N–H and O–H groups in total. The number of morpholine rings is 1. The molecule has 1 aliphatic rings. The minimum Gasteiger partial charge on any atom is -0.473 e. The summed E-state index contributed by atoms with van der Waals surface area (Å²) in [6.07, 6.45) is 1.22. The molecule has 128 valence electrons. The highest BCUT2D eigenvalue weighted by atomic mass is 16.5. The maximum absolute atomic E-state index is 9.10. The Hall–Kier alpha value is -1.96. The molecule has 0 aromatic heterocycles. The molecule has 1 aromatic carbocycles. The van der Waals surface area contributed by atoms with Crippen LogP contribution in [0.4, 0.5) is 0 Å². The van der Waals surface area contributed by atoms with Gasteiger partial charge in [-0.25, -0.2) is 9.59 Å². The first-order chi connectivity index (χ1) is 11.1. The molecular weight excluding hydrogens is 300 g/mol. The minimum atomic E-state index is -1.82. The third-order valence-electron chi connectivity index (χ3n) is 3.29. The second-order valence-corrected chi connectivity index (χ2v) is 5.08. The van der Waals surface area contributed by atoms with Gasteiger partial charge >= 0.3 is 11.9 Å². The van der Waals surface area contributed by atoms with Gasteiger partial charge in [0.15, 0.2) is 0 Å². The van der Waals surface area contributed by atoms with Gasteiger partial charge in [0.25, 0.3) is 0 Å². The van der Waals surface area contributed by atoms with Crippen molar-refractivity contribution in [2.24, 2.45) is 0 Å². The van der Waals surface area contributed by atoms with Crippen molar-refractivity contribution in [2.45, 2.75) is 13.0 Å². The number of ether oxygens (including phenoxy) is 1. The zero-order valence-electron chi connectivity index (χ0n) is 13.1. The fourth-order valence-electron chi connectivity index (χ4n) is 2.08. The van der Waals surface area contributed by atoms with E-state index in [1.54, 1.807) is 0 Å². The van der Waals surface area contributed by atoms with Gasteiger partial charge in [-0.3, -0.25) is 4.90 Å². The molecule has 7 nitrogen and oxygen atoms in total. The summed E-state index contributed by atoms with van der Waals surface area (Å²) in [4.78, 5) is 20.7. The van der Waals surface area contributed by atoms with Gasteiger partial charge in [0, 0.05) is 19.6 Å². The summed E-state index contributed by atoms with van der Waals surface area (Å²) in [7, 11) is 0. The highest BCUT2D eigenvalue weighted by Crippen LogP contribution is 1.99. The fraction of sp³-hybridized carbons (Fsp3) is 0.500. The first-order valence-electron chi connectivity index (χ1n) is 7.60. The Kier molecular flexibility index (Phi) is 9.62. The second-order valence-electron chi connectivity index (χ2n) is 5.08. The fourth-order valence-corrected chi connectivity index (χ4v) is 2.08. The first-order valence-corrected chi connectivity index (χ1v) is 7.60. The van der Waals surface area contributed by atoms with Crippen LogP contribution in [0, 0.1) is 0 Å². The van der Waals surface area contributed by atoms with Crippen LogP contribution in [0.2, 0.25) is 0 Å². The van der Waals surface area contributed by atoms with Gasteiger partial charge in [-0.1, -0.05) is 30.3 Å². The van der Waals surface area contributed by atoms with E-state index in [0.717, 1.165) is 39.4 Å². The van der Waals surface area contributed by atoms with E-state index in [2.05, 4.69) is 40.5 Å². The number of nitrogens with zero attached hydrogens (tertiary/aromatic N) is 1. The van der Waals surface area contributed by atoms with Crippen LogP contribution >= 0.6 is 0 Å². The molecule has 7 heteroatoms. The van der Waals surface area contributed by atoms with Gasteiger partial charge in [-0.15, -0.1) is 0 Å². The van der Waals surface area contributed by atoms with Crippen molar-refractivity contribution in [1.29, 1.82) is 0 Å². The molecule has 1 fully saturated rings. The molecule has 0 spiro atoms. The normalized spacial score (nSPS) is 14.6. The van der Waals surface area contributed by atoms with E-state index in [1.807, 2.05) is 0 Å². The van der Waals surface area contributed by atoms with Gasteiger partial charge < -0.3 is 20.3 Å². The summed E-state index contributed by atoms with van der Waals surface area (Å²) in [5.41, 5.74) is 1.36. The Balaban J connectivity index is 0.000000379. The Bertz CT molecular complexity index is 449. The van der Waals surface area contributed by atoms with E-state index >= 15 is 0 Å². The lowest BCUT2D eigenvalue weighted by atomic mass is 10.2. The van der Waals surface area contributed by atoms with Crippen LogP contribution < -0.4 is 5.32 Å². The van der Waals surface area contributed by atoms with Crippen LogP contribution in [0.5, 0.6) is 0 Å². The van der Waals surface area contributed by atoms with Crippen molar-refractivity contribution in [3.63, 3.8) is 0 Å². The van der Waals surface area contributed by atoms with Gasteiger partial charge in [0.1, 0.15) is 0 Å². The number of carboxylic acids is 2. The summed E-state index contributed by atoms with van der Waals surface area (Å²) in [6, 6.07) is 10.6. The van der Waals surface area contributed by atoms with Crippen molar-refractivity contribution in [2.75, 3.05) is 39.4 Å². The quantitative estimate of drug-likeness (QED) is 0.522. The number of nitrogens with one attached hydrogen (secondary N) is 1. The van der Waals surface area contributed by atoms with E-state index in [4.69, 9.17) is 24.5 Å². The predicted molar refractivity (Wildman–Crippen MR) is 85.3 cm³/mol. The van der Waals surface area contributed by atoms with Gasteiger partial charge in [-0.2, -0.15) is 0 Å². The Morgan fingerprint density at radius 3 is 2.26 bits per heavy atom. The van der Waals surface area contributed by atoms with Gasteiger partial charge in [-0.05, 0) is 25.1 Å². The second kappa shape index (κ2) is 11.6. The molecule has 1 aliphatic heterocycles. The molecule has 23 heavy (non-hydrogen) atoms. The highest BCUT2D eigenvalue weighted by molar-refractivity contribution is 6.27. The molecule has 0 atom stereocenters. The average Bonchev–Trinajstić information content (AvgIpc) is 2.57. The first kappa shape index (κ1) is 19.1. The minimum absolute atomic E-state index is 0.900. The molecule has 1 aromatic rings. The van der Waals surface area contributed by atoms with E-state index in [0.29, 0.717) is 0 Å². The molecule has 0 bridgehead atoms. The van der Waals surface area contributed by atoms with E-state index in [-0.39, 0.29) is 0 Å². The van der Waals surface area contributed by atoms with Crippen molar-refractivity contribution in [3.05, 3.63) is 35.9 Å². The molecule has 0 radical (unpaired) electrons. The summed E-state index contributed by atoms with van der Waals surface area (Å²) < 4.78 is 5.33. The van der Waals surface area contributed by atoms with Crippen LogP contribution in [0.25, 0.3) is 0 Å². The standard InChI is InChI=1S/C14H22N2O.C2H2O4/c1-2-5-14(6-3-1)13-15-7-4-8-16-9-11-17-12-10-16;3-1(4)2(5)6/h1-3,5-6,15H,4,7-13H2;(H,3,4)(H,5,6). The molecule has 1 heterocycles. The largest absolute Gasteiger partial charge is 0.473 e. The maximum Gasteiger partial charge on any atom is 0.414 e. The average molecular weight is 324 g/mol. The third kappa shape index (κ3) is 9.62. The lowest BCUT2D eigenvalue weighted by molar-refractivity contribution is -0.159. The molecule has 0 amide bonds. The zero-order chi connectivity index (χ0) is 16.9. The molecule has 0 aliphatic carbocycles. The van der Waals surface area contributed by atoms with Crippen molar-refractivity contribution >= 4 is 11.9 Å². The van der Waals surface area contributed by atoms with E-state index < -0.39 is 11.9 Å². The molecule has 0 saturated carbocycles. The zero-order valence-corrected chi connectivity index (χ0v) is 13.1. The van der Waals surface area contributed by atoms with Crippen LogP contribution in [0.1, 0.15) is 12.0 Å². The van der Waals surface area contributed by atoms with Crippen molar-refractivity contribution < 1.29 is 24.5 Å². The highest BCUT2D eigenvalue weighted by Gasteiger charge is 2.08. The van der Waals surface area contributed by atoms with Gasteiger partial charge in [0.2, 0.25) is 0 Å². The topological polar surface area (TPSA) is 99.1 Å². The molecular formula is C16H24N2O5. The Morgan fingerprint density at radius 1 is 1.09 bits per heavy atom. The summed E-state index contributed by atoms with van der Waals surface area (Å²) in [5, 5.41) is 18.3. The molecule has 1 saturated heterocycles. The smallest absolute Gasteiger partial charge is 0.414 e. The lowest BCUT2D eigenvalue weighted by Gasteiger charge is -2.26. The summed E-state index contributed by atoms with van der Waals surface area (Å²) in [5.74, 6) is -3.65. The molecule has 2 rings (SSSR count). The SMILES string of the molecule is O=C(O)C(=O)O.c1ccc(CNCCCN2CCOCC2)cc1. The lowest BCUT2D eigenvalue weighted by Crippen LogP contribution is -2.37. The number of carboxylic acid groups (broad SMARTS) is 2. The van der Waals surface area contributed by atoms with Crippen LogP contribution in [-0.4, -0.2) is 66.4 Å². The van der Waals surface area contributed by atoms with Crippen LogP contribution in [0.3, 0.4) is 0 Å². The van der Waals surface area contributed by atoms with E-state index in [9.17, 15) is 0 Å². The molecule has 0 unspecified atom stereocenters. The maximum atomic E-state index is 9.10. The third-order valence-corrected chi connectivity index (χ3v) is 3.29. The van der Waals surface area contributed by atoms with E-state index in [1.165, 1.54) is 18.5 Å².